The molecule has 0 radical (unpaired) electrons. The van der Waals surface area contributed by atoms with Gasteiger partial charge >= 0.3 is 5.97 Å². The molecule has 22 heavy (non-hydrogen) atoms. The van der Waals surface area contributed by atoms with Crippen LogP contribution in [0.2, 0.25) is 0 Å². The van der Waals surface area contributed by atoms with Crippen molar-refractivity contribution in [1.29, 1.82) is 0 Å². The van der Waals surface area contributed by atoms with Crippen molar-refractivity contribution in [2.75, 3.05) is 6.61 Å². The average Bonchev–Trinajstić information content (AvgIpc) is 2.78. The van der Waals surface area contributed by atoms with Crippen molar-refractivity contribution in [3.05, 3.63) is 47.7 Å². The van der Waals surface area contributed by atoms with Crippen LogP contribution in [0.4, 0.5) is 0 Å². The minimum absolute atomic E-state index is 0.0287. The molecule has 2 heterocycles. The molecular weight excluding hydrogens is 289 g/mol. The molecule has 0 spiro atoms. The molecule has 2 aliphatic rings. The Kier molecular flexibility index (Phi) is 4.11. The van der Waals surface area contributed by atoms with Gasteiger partial charge in [0.05, 0.1) is 19.4 Å². The van der Waals surface area contributed by atoms with E-state index in [0.29, 0.717) is 12.2 Å². The zero-order chi connectivity index (χ0) is 15.5. The van der Waals surface area contributed by atoms with E-state index in [9.17, 15) is 9.59 Å². The molecule has 2 aliphatic heterocycles. The largest absolute Gasteiger partial charge is 0.472 e. The van der Waals surface area contributed by atoms with Crippen LogP contribution in [-0.2, 0) is 25.7 Å². The maximum atomic E-state index is 12.0. The van der Waals surface area contributed by atoms with E-state index in [4.69, 9.17) is 14.6 Å². The molecule has 0 unspecified atom stereocenters. The fraction of sp³-hybridized carbons (Fsp3) is 0.375. The summed E-state index contributed by atoms with van der Waals surface area (Å²) >= 11 is 0. The first-order valence-corrected chi connectivity index (χ1v) is 7.17. The number of hydrogen-bond donors (Lipinski definition) is 1. The van der Waals surface area contributed by atoms with Crippen LogP contribution in [0.25, 0.3) is 0 Å². The van der Waals surface area contributed by atoms with E-state index < -0.39 is 12.0 Å². The van der Waals surface area contributed by atoms with Gasteiger partial charge in [0.2, 0.25) is 5.91 Å². The lowest BCUT2D eigenvalue weighted by Gasteiger charge is -2.34. The molecular formula is C16H17NO5. The molecule has 2 atom stereocenters. The van der Waals surface area contributed by atoms with Crippen LogP contribution in [0.5, 0.6) is 0 Å². The first-order valence-electron chi connectivity index (χ1n) is 7.17. The number of ether oxygens (including phenoxy) is 2. The molecule has 6 heteroatoms. The molecule has 0 saturated carbocycles. The van der Waals surface area contributed by atoms with Gasteiger partial charge in [0.1, 0.15) is 18.4 Å². The zero-order valence-electron chi connectivity index (χ0n) is 12.0. The molecule has 1 aromatic rings. The lowest BCUT2D eigenvalue weighted by atomic mass is 10.1. The number of aliphatic hydroxyl groups excluding tert-OH is 1. The summed E-state index contributed by atoms with van der Waals surface area (Å²) in [7, 11) is 0. The number of esters is 1. The summed E-state index contributed by atoms with van der Waals surface area (Å²) in [6.45, 7) is 0.00329. The van der Waals surface area contributed by atoms with Crippen LogP contribution < -0.4 is 0 Å². The quantitative estimate of drug-likeness (QED) is 0.379. The van der Waals surface area contributed by atoms with Crippen LogP contribution in [0.1, 0.15) is 18.4 Å². The van der Waals surface area contributed by atoms with E-state index in [0.717, 1.165) is 5.56 Å². The molecule has 1 aromatic carbocycles. The van der Waals surface area contributed by atoms with E-state index in [-0.39, 0.29) is 31.8 Å². The molecule has 1 amide bonds. The van der Waals surface area contributed by atoms with Gasteiger partial charge in [-0.3, -0.25) is 14.5 Å². The summed E-state index contributed by atoms with van der Waals surface area (Å²) in [6, 6.07) is 8.92. The summed E-state index contributed by atoms with van der Waals surface area (Å²) in [6.07, 6.45) is 1.53. The molecule has 2 saturated heterocycles. The number of carbonyl (C=O) groups excluding carboxylic acids is 2. The molecule has 3 rings (SSSR count). The third-order valence-corrected chi connectivity index (χ3v) is 3.78. The van der Waals surface area contributed by atoms with Gasteiger partial charge in [-0.15, -0.1) is 0 Å². The number of amides is 1. The van der Waals surface area contributed by atoms with Gasteiger partial charge in [0.15, 0.2) is 6.23 Å². The fourth-order valence-electron chi connectivity index (χ4n) is 2.67. The Labute approximate surface area is 127 Å². The third kappa shape index (κ3) is 2.82. The fourth-order valence-corrected chi connectivity index (χ4v) is 2.67. The van der Waals surface area contributed by atoms with E-state index in [1.807, 2.05) is 30.3 Å². The monoisotopic (exact) mass is 306 g/mol. The second kappa shape index (κ2) is 6.19. The highest BCUT2D eigenvalue weighted by Crippen LogP contribution is 2.37. The highest BCUT2D eigenvalue weighted by Gasteiger charge is 2.51. The van der Waals surface area contributed by atoms with Crippen molar-refractivity contribution in [3.8, 4) is 0 Å². The summed E-state index contributed by atoms with van der Waals surface area (Å²) in [5.41, 5.74) is 0.905. The number of aliphatic hydroxyl groups is 1. The molecule has 1 N–H and O–H groups in total. The first-order chi connectivity index (χ1) is 10.7. The molecule has 0 aliphatic carbocycles. The molecule has 2 fully saturated rings. The first kappa shape index (κ1) is 14.6. The van der Waals surface area contributed by atoms with Crippen LogP contribution in [-0.4, -0.2) is 40.8 Å². The van der Waals surface area contributed by atoms with E-state index >= 15 is 0 Å². The van der Waals surface area contributed by atoms with Gasteiger partial charge in [0.25, 0.3) is 0 Å². The van der Waals surface area contributed by atoms with Crippen molar-refractivity contribution < 1.29 is 24.2 Å². The van der Waals surface area contributed by atoms with Crippen molar-refractivity contribution in [2.45, 2.75) is 31.7 Å². The minimum atomic E-state index is -0.471. The predicted molar refractivity (Wildman–Crippen MR) is 76.1 cm³/mol. The Morgan fingerprint density at radius 1 is 1.41 bits per heavy atom. The number of β-lactam (4-membered cyclic amide) rings is 1. The smallest absolute Gasteiger partial charge is 0.308 e. The van der Waals surface area contributed by atoms with E-state index in [2.05, 4.69) is 0 Å². The number of carbonyl (C=O) groups is 2. The van der Waals surface area contributed by atoms with E-state index in [1.54, 1.807) is 0 Å². The molecule has 6 nitrogen and oxygen atoms in total. The number of benzene rings is 1. The highest BCUT2D eigenvalue weighted by molar-refractivity contribution is 5.85. The van der Waals surface area contributed by atoms with Gasteiger partial charge < -0.3 is 14.6 Å². The molecule has 0 aromatic heterocycles. The molecule has 0 bridgehead atoms. The highest BCUT2D eigenvalue weighted by atomic mass is 18.3. The third-order valence-electron chi connectivity index (χ3n) is 3.78. The predicted octanol–water partition coefficient (Wildman–Crippen LogP) is 0.953. The number of rotatable bonds is 5. The Bertz CT molecular complexity index is 598. The Morgan fingerprint density at radius 3 is 2.86 bits per heavy atom. The number of fused-ring (bicyclic) bond motifs is 1. The van der Waals surface area contributed by atoms with Gasteiger partial charge in [-0.1, -0.05) is 30.3 Å². The maximum Gasteiger partial charge on any atom is 0.308 e. The number of nitrogens with zero attached hydrogens (tertiary/aromatic N) is 1. The van der Waals surface area contributed by atoms with Gasteiger partial charge in [-0.2, -0.15) is 0 Å². The Hall–Kier alpha value is -2.34. The second-order valence-corrected chi connectivity index (χ2v) is 5.23. The normalized spacial score (nSPS) is 24.7. The van der Waals surface area contributed by atoms with Crippen LogP contribution in [0.3, 0.4) is 0 Å². The van der Waals surface area contributed by atoms with Crippen molar-refractivity contribution in [2.24, 2.45) is 0 Å². The summed E-state index contributed by atoms with van der Waals surface area (Å²) in [5.74, 6) is 0.0175. The summed E-state index contributed by atoms with van der Waals surface area (Å²) in [4.78, 5) is 25.2. The van der Waals surface area contributed by atoms with Crippen molar-refractivity contribution >= 4 is 11.9 Å². The number of hydrogen-bond acceptors (Lipinski definition) is 5. The maximum absolute atomic E-state index is 12.0. The Morgan fingerprint density at radius 2 is 2.18 bits per heavy atom. The van der Waals surface area contributed by atoms with E-state index in [1.165, 1.54) is 11.0 Å². The van der Waals surface area contributed by atoms with Gasteiger partial charge in [-0.05, 0) is 11.6 Å². The second-order valence-electron chi connectivity index (χ2n) is 5.23. The topological polar surface area (TPSA) is 76.1 Å². The SMILES string of the molecule is O=C([13CH2][C@H]1/C(=C/CO)O[C@@H]2CC(=O)N21)[18O]Cc1ccccc1. The average molecular weight is 306 g/mol. The van der Waals surface area contributed by atoms with Crippen LogP contribution in [0, 0.1) is 0 Å². The van der Waals surface area contributed by atoms with Crippen LogP contribution >= 0.6 is 0 Å². The summed E-state index contributed by atoms with van der Waals surface area (Å²) < 4.78 is 10.8. The standard InChI is InChI=1S/C16H17NO5/c18-7-6-13-12(17-14(19)9-15(17)22-13)8-16(20)21-10-11-4-2-1-3-5-11/h1-6,12,15,18H,7-10H2/b13-6-/t12-,15+/m0/s1/i8+1,21+2. The Balaban J connectivity index is 1.59. The van der Waals surface area contributed by atoms with Gasteiger partial charge in [-0.25, -0.2) is 0 Å². The van der Waals surface area contributed by atoms with Crippen LogP contribution in [0.15, 0.2) is 42.2 Å². The lowest BCUT2D eigenvalue weighted by Crippen LogP contribution is -2.53. The van der Waals surface area contributed by atoms with Gasteiger partial charge in [0, 0.05) is 0 Å². The lowest BCUT2D eigenvalue weighted by molar-refractivity contribution is -0.158. The minimum Gasteiger partial charge on any atom is -0.472 e. The van der Waals surface area contributed by atoms with Crippen molar-refractivity contribution in [3.63, 3.8) is 0 Å². The molecule has 116 valence electrons. The summed E-state index contributed by atoms with van der Waals surface area (Å²) in [5, 5.41) is 9.01. The van der Waals surface area contributed by atoms with Crippen molar-refractivity contribution in [1.82, 2.24) is 4.90 Å². The zero-order valence-corrected chi connectivity index (χ0v) is 12.0.